The Hall–Kier alpha value is -0.660. The van der Waals surface area contributed by atoms with Crippen LogP contribution in [0.1, 0.15) is 252 Å². The number of hydrogen-bond donors (Lipinski definition) is 0. The summed E-state index contributed by atoms with van der Waals surface area (Å²) in [6, 6.07) is 0. The minimum absolute atomic E-state index is 0.638. The maximum Gasteiger partial charge on any atom is 0.101 e. The smallest absolute Gasteiger partial charge is 0.101 e. The second-order valence-corrected chi connectivity index (χ2v) is 15.4. The lowest BCUT2D eigenvalue weighted by molar-refractivity contribution is 0.135. The molecule has 0 bridgehead atoms. The standard InChI is InChI=1S/C44H88N2/c1-4-7-10-13-16-19-21-22-23-24-25-27-30-33-36-39-44-45(40-37-34-31-28-18-15-12-9-6-3)42-43-46(44)41-38-35-32-29-26-20-17-14-11-8-5-2/h42-44H,4-41H2,1-3H3. The summed E-state index contributed by atoms with van der Waals surface area (Å²) in [5, 5.41) is 0. The van der Waals surface area contributed by atoms with Crippen LogP contribution in [-0.2, 0) is 0 Å². The van der Waals surface area contributed by atoms with E-state index >= 15 is 0 Å². The predicted molar refractivity (Wildman–Crippen MR) is 210 cm³/mol. The molecule has 1 aliphatic rings. The van der Waals surface area contributed by atoms with E-state index in [1.54, 1.807) is 0 Å². The lowest BCUT2D eigenvalue weighted by Crippen LogP contribution is -2.39. The van der Waals surface area contributed by atoms with Crippen LogP contribution in [0.5, 0.6) is 0 Å². The molecular weight excluding hydrogens is 556 g/mol. The molecule has 0 saturated heterocycles. The van der Waals surface area contributed by atoms with E-state index in [2.05, 4.69) is 43.0 Å². The molecule has 2 nitrogen and oxygen atoms in total. The number of rotatable bonds is 38. The molecule has 0 aromatic heterocycles. The molecule has 46 heavy (non-hydrogen) atoms. The molecule has 0 amide bonds. The summed E-state index contributed by atoms with van der Waals surface area (Å²) in [5.74, 6) is 0. The van der Waals surface area contributed by atoms with E-state index in [4.69, 9.17) is 0 Å². The molecule has 0 radical (unpaired) electrons. The minimum atomic E-state index is 0.638. The molecule has 1 heterocycles. The molecule has 0 fully saturated rings. The maximum absolute atomic E-state index is 2.73. The van der Waals surface area contributed by atoms with Crippen molar-refractivity contribution in [2.75, 3.05) is 13.1 Å². The molecular formula is C44H88N2. The Morgan fingerprint density at radius 3 is 0.761 bits per heavy atom. The number of nitrogens with zero attached hydrogens (tertiary/aromatic N) is 2. The van der Waals surface area contributed by atoms with Crippen LogP contribution >= 0.6 is 0 Å². The second-order valence-electron chi connectivity index (χ2n) is 15.4. The SMILES string of the molecule is CCCCCCCCCCCCCCCCCC1N(CCCCCCCCCCC)C=CN1CCCCCCCCCCCCC. The van der Waals surface area contributed by atoms with Gasteiger partial charge in [0.05, 0.1) is 0 Å². The fraction of sp³-hybridized carbons (Fsp3) is 0.955. The first-order valence-corrected chi connectivity index (χ1v) is 22.0. The summed E-state index contributed by atoms with van der Waals surface area (Å²) in [4.78, 5) is 5.45. The van der Waals surface area contributed by atoms with Gasteiger partial charge in [0, 0.05) is 25.5 Å². The van der Waals surface area contributed by atoms with Crippen LogP contribution in [0.15, 0.2) is 12.4 Å². The zero-order chi connectivity index (χ0) is 33.0. The quantitative estimate of drug-likeness (QED) is 0.0617. The predicted octanol–water partition coefficient (Wildman–Crippen LogP) is 15.5. The third-order valence-electron chi connectivity index (χ3n) is 10.8. The van der Waals surface area contributed by atoms with Gasteiger partial charge in [0.1, 0.15) is 6.17 Å². The van der Waals surface area contributed by atoms with Gasteiger partial charge >= 0.3 is 0 Å². The van der Waals surface area contributed by atoms with Gasteiger partial charge in [0.25, 0.3) is 0 Å². The lowest BCUT2D eigenvalue weighted by Gasteiger charge is -2.33. The molecule has 0 aliphatic carbocycles. The van der Waals surface area contributed by atoms with Crippen molar-refractivity contribution in [1.29, 1.82) is 0 Å². The summed E-state index contributed by atoms with van der Waals surface area (Å²) in [6.45, 7) is 9.49. The van der Waals surface area contributed by atoms with Crippen LogP contribution in [0.3, 0.4) is 0 Å². The number of hydrogen-bond acceptors (Lipinski definition) is 2. The molecule has 0 saturated carbocycles. The number of unbranched alkanes of at least 4 members (excludes halogenated alkanes) is 32. The Kier molecular flexibility index (Phi) is 33.6. The second kappa shape index (κ2) is 35.6. The molecule has 1 rings (SSSR count). The van der Waals surface area contributed by atoms with Crippen molar-refractivity contribution in [3.05, 3.63) is 12.4 Å². The maximum atomic E-state index is 2.73. The lowest BCUT2D eigenvalue weighted by atomic mass is 10.0. The van der Waals surface area contributed by atoms with E-state index in [-0.39, 0.29) is 0 Å². The third-order valence-corrected chi connectivity index (χ3v) is 10.8. The molecule has 0 N–H and O–H groups in total. The van der Waals surface area contributed by atoms with Gasteiger partial charge in [0.15, 0.2) is 0 Å². The van der Waals surface area contributed by atoms with Crippen molar-refractivity contribution in [2.24, 2.45) is 0 Å². The largest absolute Gasteiger partial charge is 0.356 e. The molecule has 0 spiro atoms. The van der Waals surface area contributed by atoms with E-state index in [1.807, 2.05) is 0 Å². The van der Waals surface area contributed by atoms with Crippen LogP contribution in [-0.4, -0.2) is 29.1 Å². The van der Waals surface area contributed by atoms with E-state index in [0.717, 1.165) is 0 Å². The van der Waals surface area contributed by atoms with Crippen LogP contribution in [0.2, 0.25) is 0 Å². The minimum Gasteiger partial charge on any atom is -0.356 e. The molecule has 1 aliphatic heterocycles. The van der Waals surface area contributed by atoms with Crippen molar-refractivity contribution in [1.82, 2.24) is 9.80 Å². The van der Waals surface area contributed by atoms with Crippen molar-refractivity contribution < 1.29 is 0 Å². The van der Waals surface area contributed by atoms with Crippen LogP contribution in [0.25, 0.3) is 0 Å². The Labute approximate surface area is 292 Å². The Balaban J connectivity index is 2.20. The van der Waals surface area contributed by atoms with E-state index < -0.39 is 0 Å². The molecule has 274 valence electrons. The average molecular weight is 645 g/mol. The zero-order valence-electron chi connectivity index (χ0n) is 32.5. The average Bonchev–Trinajstić information content (AvgIpc) is 3.45. The van der Waals surface area contributed by atoms with E-state index in [9.17, 15) is 0 Å². The molecule has 1 unspecified atom stereocenters. The van der Waals surface area contributed by atoms with E-state index in [1.165, 1.54) is 244 Å². The first-order valence-electron chi connectivity index (χ1n) is 22.0. The van der Waals surface area contributed by atoms with Crippen LogP contribution in [0, 0.1) is 0 Å². The van der Waals surface area contributed by atoms with Gasteiger partial charge in [-0.25, -0.2) is 0 Å². The zero-order valence-corrected chi connectivity index (χ0v) is 32.5. The molecule has 0 aromatic carbocycles. The van der Waals surface area contributed by atoms with Crippen molar-refractivity contribution >= 4 is 0 Å². The van der Waals surface area contributed by atoms with Gasteiger partial charge < -0.3 is 9.80 Å². The van der Waals surface area contributed by atoms with Gasteiger partial charge in [-0.3, -0.25) is 0 Å². The van der Waals surface area contributed by atoms with Gasteiger partial charge in [-0.05, 0) is 25.7 Å². The van der Waals surface area contributed by atoms with Crippen LogP contribution in [0.4, 0.5) is 0 Å². The topological polar surface area (TPSA) is 6.48 Å². The highest BCUT2D eigenvalue weighted by Crippen LogP contribution is 2.24. The summed E-state index contributed by atoms with van der Waals surface area (Å²) in [5.41, 5.74) is 0. The molecule has 0 aromatic rings. The van der Waals surface area contributed by atoms with Gasteiger partial charge in [-0.2, -0.15) is 0 Å². The third kappa shape index (κ3) is 27.3. The first-order chi connectivity index (χ1) is 22.8. The monoisotopic (exact) mass is 645 g/mol. The van der Waals surface area contributed by atoms with Crippen molar-refractivity contribution in [3.8, 4) is 0 Å². The van der Waals surface area contributed by atoms with Crippen LogP contribution < -0.4 is 0 Å². The molecule has 2 heteroatoms. The highest BCUT2D eigenvalue weighted by Gasteiger charge is 2.24. The summed E-state index contributed by atoms with van der Waals surface area (Å²) in [6.07, 6.45) is 57.4. The van der Waals surface area contributed by atoms with Gasteiger partial charge in [-0.15, -0.1) is 0 Å². The Morgan fingerprint density at radius 1 is 0.283 bits per heavy atom. The summed E-state index contributed by atoms with van der Waals surface area (Å²) in [7, 11) is 0. The fourth-order valence-corrected chi connectivity index (χ4v) is 7.60. The van der Waals surface area contributed by atoms with Gasteiger partial charge in [-0.1, -0.05) is 226 Å². The highest BCUT2D eigenvalue weighted by atomic mass is 15.4. The Morgan fingerprint density at radius 2 is 0.500 bits per heavy atom. The first kappa shape index (κ1) is 43.4. The summed E-state index contributed by atoms with van der Waals surface area (Å²) < 4.78 is 0. The van der Waals surface area contributed by atoms with Crippen molar-refractivity contribution in [2.45, 2.75) is 258 Å². The Bertz CT molecular complexity index is 601. The summed E-state index contributed by atoms with van der Waals surface area (Å²) >= 11 is 0. The highest BCUT2D eigenvalue weighted by molar-refractivity contribution is 4.97. The fourth-order valence-electron chi connectivity index (χ4n) is 7.60. The van der Waals surface area contributed by atoms with E-state index in [0.29, 0.717) is 6.17 Å². The van der Waals surface area contributed by atoms with Crippen molar-refractivity contribution in [3.63, 3.8) is 0 Å². The van der Waals surface area contributed by atoms with Gasteiger partial charge in [0.2, 0.25) is 0 Å². The molecule has 1 atom stereocenters. The normalized spacial score (nSPS) is 14.7.